The highest BCUT2D eigenvalue weighted by Gasteiger charge is 2.18. The number of amides is 1. The van der Waals surface area contributed by atoms with Gasteiger partial charge in [-0.05, 0) is 43.4 Å². The van der Waals surface area contributed by atoms with Crippen LogP contribution in [0.25, 0.3) is 32.6 Å². The van der Waals surface area contributed by atoms with E-state index in [2.05, 4.69) is 21.5 Å². The molecule has 0 saturated carbocycles. The standard InChI is InChI=1S/C30H31N3O4S/c1-2-33-26-15-7-6-14-23(26)24-19-25(28(34)20-27(24)33)30(35)31-17-8-3-9-18-32-38(36,37)29-16-10-12-21-11-4-5-13-22(21)29/h4-7,10-16,19-20,32,34H,2-3,8-9,17-18H2,1H3,(H,31,35). The molecule has 1 amide bonds. The number of aromatic hydroxyl groups is 1. The summed E-state index contributed by atoms with van der Waals surface area (Å²) in [6.07, 6.45) is 2.08. The Morgan fingerprint density at radius 2 is 1.53 bits per heavy atom. The average Bonchev–Trinajstić information content (AvgIpc) is 3.23. The SMILES string of the molecule is CCn1c2ccccc2c2cc(C(=O)NCCCCCNS(=O)(=O)c3cccc4ccccc34)c(O)cc21. The summed E-state index contributed by atoms with van der Waals surface area (Å²) in [5, 5.41) is 17.0. The summed E-state index contributed by atoms with van der Waals surface area (Å²) in [6.45, 7) is 3.56. The van der Waals surface area contributed by atoms with E-state index in [0.29, 0.717) is 31.3 Å². The first-order valence-electron chi connectivity index (χ1n) is 12.9. The van der Waals surface area contributed by atoms with Gasteiger partial charge in [-0.15, -0.1) is 0 Å². The first kappa shape index (κ1) is 25.8. The Morgan fingerprint density at radius 1 is 0.816 bits per heavy atom. The number of nitrogens with zero attached hydrogens (tertiary/aromatic N) is 1. The van der Waals surface area contributed by atoms with Gasteiger partial charge >= 0.3 is 0 Å². The third-order valence-corrected chi connectivity index (χ3v) is 8.44. The van der Waals surface area contributed by atoms with Crippen LogP contribution in [0.15, 0.2) is 83.8 Å². The lowest BCUT2D eigenvalue weighted by Crippen LogP contribution is -2.26. The molecule has 0 radical (unpaired) electrons. The molecule has 0 bridgehead atoms. The molecule has 1 aromatic heterocycles. The van der Waals surface area contributed by atoms with Crippen molar-refractivity contribution in [3.8, 4) is 5.75 Å². The average molecular weight is 530 g/mol. The lowest BCUT2D eigenvalue weighted by Gasteiger charge is -2.10. The number of hydrogen-bond donors (Lipinski definition) is 3. The zero-order valence-electron chi connectivity index (χ0n) is 21.3. The van der Waals surface area contributed by atoms with Crippen molar-refractivity contribution in [3.05, 3.63) is 84.4 Å². The molecule has 0 aliphatic rings. The Kier molecular flexibility index (Phi) is 7.35. The number of phenolic OH excluding ortho intramolecular Hbond substituents is 1. The van der Waals surface area contributed by atoms with E-state index in [9.17, 15) is 18.3 Å². The number of aryl methyl sites for hydroxylation is 1. The van der Waals surface area contributed by atoms with E-state index in [1.165, 1.54) is 0 Å². The molecule has 0 atom stereocenters. The minimum Gasteiger partial charge on any atom is -0.507 e. The highest BCUT2D eigenvalue weighted by molar-refractivity contribution is 7.89. The molecule has 0 spiro atoms. The number of para-hydroxylation sites is 1. The fourth-order valence-electron chi connectivity index (χ4n) is 5.04. The van der Waals surface area contributed by atoms with Gasteiger partial charge in [0.05, 0.1) is 16.0 Å². The zero-order chi connectivity index (χ0) is 26.7. The Bertz CT molecular complexity index is 1740. The predicted molar refractivity (Wildman–Crippen MR) is 152 cm³/mol. The fraction of sp³-hybridized carbons (Fsp3) is 0.233. The molecule has 5 aromatic rings. The third-order valence-electron chi connectivity index (χ3n) is 6.92. The van der Waals surface area contributed by atoms with Crippen LogP contribution >= 0.6 is 0 Å². The predicted octanol–water partition coefficient (Wildman–Crippen LogP) is 5.55. The normalized spacial score (nSPS) is 11.9. The van der Waals surface area contributed by atoms with Crippen LogP contribution in [0.1, 0.15) is 36.5 Å². The van der Waals surface area contributed by atoms with Crippen molar-refractivity contribution >= 4 is 48.5 Å². The minimum absolute atomic E-state index is 0.0460. The summed E-state index contributed by atoms with van der Waals surface area (Å²) in [7, 11) is -3.62. The van der Waals surface area contributed by atoms with Crippen molar-refractivity contribution in [2.24, 2.45) is 0 Å². The molecular formula is C30H31N3O4S. The van der Waals surface area contributed by atoms with Crippen LogP contribution in [0.3, 0.4) is 0 Å². The number of sulfonamides is 1. The topological polar surface area (TPSA) is 100 Å². The number of rotatable bonds is 10. The molecule has 3 N–H and O–H groups in total. The molecule has 0 saturated heterocycles. The highest BCUT2D eigenvalue weighted by atomic mass is 32.2. The summed E-state index contributed by atoms with van der Waals surface area (Å²) in [5.74, 6) is -0.371. The molecule has 0 fully saturated rings. The molecule has 196 valence electrons. The molecule has 0 unspecified atom stereocenters. The van der Waals surface area contributed by atoms with Crippen molar-refractivity contribution in [2.45, 2.75) is 37.6 Å². The Balaban J connectivity index is 1.14. The number of nitrogens with one attached hydrogen (secondary N) is 2. The molecular weight excluding hydrogens is 498 g/mol. The van der Waals surface area contributed by atoms with E-state index in [4.69, 9.17) is 0 Å². The number of carbonyl (C=O) groups is 1. The number of unbranched alkanes of at least 4 members (excludes halogenated alkanes) is 2. The number of hydrogen-bond acceptors (Lipinski definition) is 4. The van der Waals surface area contributed by atoms with E-state index in [0.717, 1.165) is 40.2 Å². The second-order valence-electron chi connectivity index (χ2n) is 9.34. The van der Waals surface area contributed by atoms with Gasteiger partial charge in [0.1, 0.15) is 5.75 Å². The van der Waals surface area contributed by atoms with E-state index >= 15 is 0 Å². The molecule has 7 nitrogen and oxygen atoms in total. The lowest BCUT2D eigenvalue weighted by atomic mass is 10.1. The molecule has 0 aliphatic carbocycles. The summed E-state index contributed by atoms with van der Waals surface area (Å²) in [5.41, 5.74) is 2.21. The number of fused-ring (bicyclic) bond motifs is 4. The molecule has 38 heavy (non-hydrogen) atoms. The minimum atomic E-state index is -3.62. The number of benzene rings is 4. The van der Waals surface area contributed by atoms with E-state index in [-0.39, 0.29) is 22.1 Å². The van der Waals surface area contributed by atoms with Crippen LogP contribution in [0.5, 0.6) is 5.75 Å². The number of aromatic nitrogens is 1. The van der Waals surface area contributed by atoms with Crippen LogP contribution < -0.4 is 10.0 Å². The maximum atomic E-state index is 12.8. The monoisotopic (exact) mass is 529 g/mol. The van der Waals surface area contributed by atoms with Gasteiger partial charge in [-0.25, -0.2) is 13.1 Å². The molecule has 1 heterocycles. The third kappa shape index (κ3) is 4.97. The van der Waals surface area contributed by atoms with Gasteiger partial charge in [-0.1, -0.05) is 61.0 Å². The van der Waals surface area contributed by atoms with E-state index < -0.39 is 10.0 Å². The smallest absolute Gasteiger partial charge is 0.255 e. The van der Waals surface area contributed by atoms with Crippen LogP contribution in [0, 0.1) is 0 Å². The molecule has 0 aliphatic heterocycles. The Labute approximate surface area is 222 Å². The van der Waals surface area contributed by atoms with Gasteiger partial charge in [-0.3, -0.25) is 4.79 Å². The van der Waals surface area contributed by atoms with Crippen molar-refractivity contribution in [1.82, 2.24) is 14.6 Å². The molecule has 5 rings (SSSR count). The zero-order valence-corrected chi connectivity index (χ0v) is 22.1. The largest absolute Gasteiger partial charge is 0.507 e. The van der Waals surface area contributed by atoms with E-state index in [1.54, 1.807) is 24.3 Å². The molecule has 4 aromatic carbocycles. The van der Waals surface area contributed by atoms with Crippen LogP contribution in [0.2, 0.25) is 0 Å². The summed E-state index contributed by atoms with van der Waals surface area (Å²) >= 11 is 0. The van der Waals surface area contributed by atoms with Gasteiger partial charge in [0.2, 0.25) is 10.0 Å². The van der Waals surface area contributed by atoms with E-state index in [1.807, 2.05) is 54.6 Å². The quantitative estimate of drug-likeness (QED) is 0.207. The first-order chi connectivity index (χ1) is 18.4. The van der Waals surface area contributed by atoms with Crippen molar-refractivity contribution < 1.29 is 18.3 Å². The van der Waals surface area contributed by atoms with Gasteiger partial charge in [0.25, 0.3) is 5.91 Å². The maximum absolute atomic E-state index is 12.8. The van der Waals surface area contributed by atoms with Gasteiger partial charge < -0.3 is 15.0 Å². The highest BCUT2D eigenvalue weighted by Crippen LogP contribution is 2.33. The molecule has 8 heteroatoms. The van der Waals surface area contributed by atoms with Crippen LogP contribution in [-0.2, 0) is 16.6 Å². The van der Waals surface area contributed by atoms with Crippen molar-refractivity contribution in [3.63, 3.8) is 0 Å². The second kappa shape index (κ2) is 10.8. The Morgan fingerprint density at radius 3 is 2.34 bits per heavy atom. The Hall–Kier alpha value is -3.88. The van der Waals surface area contributed by atoms with Gasteiger partial charge in [-0.2, -0.15) is 0 Å². The maximum Gasteiger partial charge on any atom is 0.255 e. The summed E-state index contributed by atoms with van der Waals surface area (Å²) < 4.78 is 30.4. The first-order valence-corrected chi connectivity index (χ1v) is 14.4. The van der Waals surface area contributed by atoms with Crippen molar-refractivity contribution in [2.75, 3.05) is 13.1 Å². The van der Waals surface area contributed by atoms with Crippen LogP contribution in [0.4, 0.5) is 0 Å². The van der Waals surface area contributed by atoms with Crippen molar-refractivity contribution in [1.29, 1.82) is 0 Å². The lowest BCUT2D eigenvalue weighted by molar-refractivity contribution is 0.0950. The van der Waals surface area contributed by atoms with Gasteiger partial charge in [0, 0.05) is 47.4 Å². The summed E-state index contributed by atoms with van der Waals surface area (Å²) in [4.78, 5) is 13.1. The van der Waals surface area contributed by atoms with Crippen LogP contribution in [-0.4, -0.2) is 37.1 Å². The fourth-order valence-corrected chi connectivity index (χ4v) is 6.35. The second-order valence-corrected chi connectivity index (χ2v) is 11.1. The van der Waals surface area contributed by atoms with Gasteiger partial charge in [0.15, 0.2) is 0 Å². The number of carbonyl (C=O) groups excluding carboxylic acids is 1. The number of phenols is 1. The summed E-state index contributed by atoms with van der Waals surface area (Å²) in [6, 6.07) is 24.1.